The van der Waals surface area contributed by atoms with Gasteiger partial charge in [-0.3, -0.25) is 9.59 Å². The maximum Gasteiger partial charge on any atom is 0.256 e. The van der Waals surface area contributed by atoms with Crippen LogP contribution in [0.4, 0.5) is 5.69 Å². The lowest BCUT2D eigenvalue weighted by Gasteiger charge is -2.19. The number of amides is 2. The smallest absolute Gasteiger partial charge is 0.256 e. The van der Waals surface area contributed by atoms with Crippen LogP contribution in [0.5, 0.6) is 5.75 Å². The molecule has 0 radical (unpaired) electrons. The molecule has 0 bridgehead atoms. The van der Waals surface area contributed by atoms with E-state index in [1.807, 2.05) is 0 Å². The highest BCUT2D eigenvalue weighted by Gasteiger charge is 2.38. The van der Waals surface area contributed by atoms with Crippen molar-refractivity contribution in [3.63, 3.8) is 0 Å². The number of nitrogens with one attached hydrogen (secondary N) is 1. The molecule has 1 unspecified atom stereocenters. The molecule has 0 aliphatic carbocycles. The summed E-state index contributed by atoms with van der Waals surface area (Å²) in [6.45, 7) is 0.655. The van der Waals surface area contributed by atoms with Gasteiger partial charge in [-0.2, -0.15) is 0 Å². The van der Waals surface area contributed by atoms with Gasteiger partial charge >= 0.3 is 0 Å². The Morgan fingerprint density at radius 3 is 3.00 bits per heavy atom. The van der Waals surface area contributed by atoms with Gasteiger partial charge in [-0.1, -0.05) is 0 Å². The van der Waals surface area contributed by atoms with Crippen LogP contribution in [0.15, 0.2) is 18.2 Å². The Hall–Kier alpha value is -2.04. The van der Waals surface area contributed by atoms with Crippen LogP contribution in [0.25, 0.3) is 0 Å². The van der Waals surface area contributed by atoms with Crippen molar-refractivity contribution in [1.82, 2.24) is 4.90 Å². The number of rotatable bonds is 1. The van der Waals surface area contributed by atoms with Crippen LogP contribution in [0.1, 0.15) is 23.2 Å². The first-order valence-electron chi connectivity index (χ1n) is 6.00. The van der Waals surface area contributed by atoms with Crippen molar-refractivity contribution in [1.29, 1.82) is 0 Å². The minimum Gasteiger partial charge on any atom is -0.497 e. The summed E-state index contributed by atoms with van der Waals surface area (Å²) in [6, 6.07) is 4.81. The van der Waals surface area contributed by atoms with Gasteiger partial charge in [0, 0.05) is 12.6 Å². The molecule has 2 aliphatic rings. The second kappa shape index (κ2) is 4.01. The Morgan fingerprint density at radius 1 is 1.39 bits per heavy atom. The molecule has 18 heavy (non-hydrogen) atoms. The summed E-state index contributed by atoms with van der Waals surface area (Å²) in [5.74, 6) is 0.449. The summed E-state index contributed by atoms with van der Waals surface area (Å²) in [5.41, 5.74) is 1.08. The average Bonchev–Trinajstić information content (AvgIpc) is 2.83. The van der Waals surface area contributed by atoms with Crippen LogP contribution in [0.3, 0.4) is 0 Å². The molecule has 0 aromatic heterocycles. The third-order valence-corrected chi connectivity index (χ3v) is 3.53. The molecule has 5 heteroatoms. The predicted molar refractivity (Wildman–Crippen MR) is 65.7 cm³/mol. The van der Waals surface area contributed by atoms with E-state index < -0.39 is 0 Å². The van der Waals surface area contributed by atoms with E-state index in [1.54, 1.807) is 30.2 Å². The van der Waals surface area contributed by atoms with E-state index in [1.165, 1.54) is 0 Å². The van der Waals surface area contributed by atoms with Crippen LogP contribution >= 0.6 is 0 Å². The summed E-state index contributed by atoms with van der Waals surface area (Å²) in [4.78, 5) is 26.1. The molecule has 0 spiro atoms. The molecule has 1 aromatic carbocycles. The number of hydrogen-bond acceptors (Lipinski definition) is 3. The Bertz CT molecular complexity index is 527. The molecule has 3 rings (SSSR count). The van der Waals surface area contributed by atoms with E-state index in [9.17, 15) is 9.59 Å². The van der Waals surface area contributed by atoms with Crippen molar-refractivity contribution >= 4 is 17.5 Å². The van der Waals surface area contributed by atoms with Gasteiger partial charge in [-0.25, -0.2) is 0 Å². The van der Waals surface area contributed by atoms with Crippen LogP contribution in [0.2, 0.25) is 0 Å². The van der Waals surface area contributed by atoms with Crippen molar-refractivity contribution in [2.45, 2.75) is 18.9 Å². The zero-order chi connectivity index (χ0) is 12.7. The Morgan fingerprint density at radius 2 is 2.22 bits per heavy atom. The maximum atomic E-state index is 12.4. The van der Waals surface area contributed by atoms with E-state index in [-0.39, 0.29) is 17.9 Å². The first kappa shape index (κ1) is 11.1. The lowest BCUT2D eigenvalue weighted by atomic mass is 10.1. The van der Waals surface area contributed by atoms with Crippen LogP contribution in [0, 0.1) is 0 Å². The number of anilines is 1. The topological polar surface area (TPSA) is 58.6 Å². The summed E-state index contributed by atoms with van der Waals surface area (Å²) >= 11 is 0. The molecule has 1 N–H and O–H groups in total. The lowest BCUT2D eigenvalue weighted by molar-refractivity contribution is -0.119. The first-order chi connectivity index (χ1) is 8.70. The third-order valence-electron chi connectivity index (χ3n) is 3.53. The number of ether oxygens (including phenoxy) is 1. The summed E-state index contributed by atoms with van der Waals surface area (Å²) < 4.78 is 5.11. The van der Waals surface area contributed by atoms with Crippen LogP contribution in [-0.2, 0) is 4.79 Å². The molecule has 1 fully saturated rings. The van der Waals surface area contributed by atoms with Gasteiger partial charge in [0.05, 0.1) is 18.4 Å². The minimum atomic E-state index is -0.323. The van der Waals surface area contributed by atoms with E-state index in [4.69, 9.17) is 4.74 Å². The van der Waals surface area contributed by atoms with Gasteiger partial charge < -0.3 is 15.0 Å². The van der Waals surface area contributed by atoms with Gasteiger partial charge in [0.15, 0.2) is 0 Å². The molecular formula is C13H14N2O3. The fraction of sp³-hybridized carbons (Fsp3) is 0.385. The van der Waals surface area contributed by atoms with Crippen molar-refractivity contribution in [2.24, 2.45) is 0 Å². The maximum absolute atomic E-state index is 12.4. The van der Waals surface area contributed by atoms with Crippen LogP contribution in [-0.4, -0.2) is 36.4 Å². The largest absolute Gasteiger partial charge is 0.497 e. The monoisotopic (exact) mass is 246 g/mol. The van der Waals surface area contributed by atoms with Gasteiger partial charge in [0.2, 0.25) is 5.91 Å². The summed E-state index contributed by atoms with van der Waals surface area (Å²) in [5, 5.41) is 2.82. The zero-order valence-corrected chi connectivity index (χ0v) is 10.1. The van der Waals surface area contributed by atoms with E-state index >= 15 is 0 Å². The molecular weight excluding hydrogens is 232 g/mol. The quantitative estimate of drug-likeness (QED) is 0.811. The number of benzene rings is 1. The fourth-order valence-corrected chi connectivity index (χ4v) is 2.59. The molecule has 94 valence electrons. The standard InChI is InChI=1S/C13H14N2O3/c1-18-8-4-5-9-10(7-8)14-12(16)11-3-2-6-15(11)13(9)17/h4-5,7,11H,2-3,6H2,1H3,(H,14,16). The highest BCUT2D eigenvalue weighted by molar-refractivity contribution is 6.10. The van der Waals surface area contributed by atoms with Crippen molar-refractivity contribution in [3.05, 3.63) is 23.8 Å². The van der Waals surface area contributed by atoms with Crippen molar-refractivity contribution < 1.29 is 14.3 Å². The molecule has 1 saturated heterocycles. The highest BCUT2D eigenvalue weighted by Crippen LogP contribution is 2.30. The second-order valence-corrected chi connectivity index (χ2v) is 4.56. The minimum absolute atomic E-state index is 0.0755. The molecule has 1 atom stereocenters. The normalized spacial score (nSPS) is 22.1. The van der Waals surface area contributed by atoms with Gasteiger partial charge in [0.1, 0.15) is 11.8 Å². The van der Waals surface area contributed by atoms with Gasteiger partial charge in [-0.15, -0.1) is 0 Å². The number of fused-ring (bicyclic) bond motifs is 2. The third kappa shape index (κ3) is 1.54. The molecule has 2 amide bonds. The van der Waals surface area contributed by atoms with E-state index in [0.29, 0.717) is 23.5 Å². The molecule has 2 heterocycles. The lowest BCUT2D eigenvalue weighted by Crippen LogP contribution is -2.40. The zero-order valence-electron chi connectivity index (χ0n) is 10.1. The number of carbonyl (C=O) groups excluding carboxylic acids is 2. The molecule has 5 nitrogen and oxygen atoms in total. The molecule has 2 aliphatic heterocycles. The highest BCUT2D eigenvalue weighted by atomic mass is 16.5. The SMILES string of the molecule is COc1ccc2c(c1)NC(=O)C1CCCN1C2=O. The Labute approximate surface area is 105 Å². The van der Waals surface area contributed by atoms with Crippen molar-refractivity contribution in [3.8, 4) is 5.75 Å². The number of methoxy groups -OCH3 is 1. The second-order valence-electron chi connectivity index (χ2n) is 4.56. The number of hydrogen-bond donors (Lipinski definition) is 1. The summed E-state index contributed by atoms with van der Waals surface area (Å²) in [7, 11) is 1.56. The Kier molecular flexibility index (Phi) is 2.47. The summed E-state index contributed by atoms with van der Waals surface area (Å²) in [6.07, 6.45) is 1.62. The van der Waals surface area contributed by atoms with Crippen molar-refractivity contribution in [2.75, 3.05) is 19.0 Å². The predicted octanol–water partition coefficient (Wildman–Crippen LogP) is 1.25. The van der Waals surface area contributed by atoms with Crippen LogP contribution < -0.4 is 10.1 Å². The Balaban J connectivity index is 2.08. The molecule has 1 aromatic rings. The van der Waals surface area contributed by atoms with Gasteiger partial charge in [0.25, 0.3) is 5.91 Å². The number of carbonyl (C=O) groups is 2. The molecule has 0 saturated carbocycles. The fourth-order valence-electron chi connectivity index (χ4n) is 2.59. The number of nitrogens with zero attached hydrogens (tertiary/aromatic N) is 1. The van der Waals surface area contributed by atoms with E-state index in [2.05, 4.69) is 5.32 Å². The van der Waals surface area contributed by atoms with E-state index in [0.717, 1.165) is 12.8 Å². The first-order valence-corrected chi connectivity index (χ1v) is 6.00. The van der Waals surface area contributed by atoms with Gasteiger partial charge in [-0.05, 0) is 25.0 Å². The average molecular weight is 246 g/mol.